The minimum Gasteiger partial charge on any atom is -0.469 e. The van der Waals surface area contributed by atoms with Crippen molar-refractivity contribution >= 4 is 5.97 Å². The van der Waals surface area contributed by atoms with Crippen LogP contribution in [0.15, 0.2) is 0 Å². The fraction of sp³-hybridized carbons (Fsp3) is 0.929. The minimum absolute atomic E-state index is 0.00386. The highest BCUT2D eigenvalue weighted by molar-refractivity contribution is 5.72. The Morgan fingerprint density at radius 1 is 1.21 bits per heavy atom. The molecule has 5 heteroatoms. The highest BCUT2D eigenvalue weighted by Gasteiger charge is 2.39. The number of alkyl halides is 2. The summed E-state index contributed by atoms with van der Waals surface area (Å²) in [5.74, 6) is -2.65. The van der Waals surface area contributed by atoms with Gasteiger partial charge in [-0.1, -0.05) is 0 Å². The monoisotopic (exact) mass is 276 g/mol. The van der Waals surface area contributed by atoms with E-state index in [-0.39, 0.29) is 36.8 Å². The second-order valence-corrected chi connectivity index (χ2v) is 5.79. The molecule has 0 aromatic rings. The van der Waals surface area contributed by atoms with Crippen molar-refractivity contribution < 1.29 is 23.0 Å². The third kappa shape index (κ3) is 4.13. The SMILES string of the molecule is COC(=O)C1CCC(OCC2CCC(F)(F)C2)CC1. The van der Waals surface area contributed by atoms with Gasteiger partial charge in [-0.25, -0.2) is 8.78 Å². The zero-order chi connectivity index (χ0) is 13.9. The van der Waals surface area contributed by atoms with Crippen molar-refractivity contribution in [2.75, 3.05) is 13.7 Å². The van der Waals surface area contributed by atoms with Crippen LogP contribution in [0.3, 0.4) is 0 Å². The number of hydrogen-bond acceptors (Lipinski definition) is 3. The average Bonchev–Trinajstić information content (AvgIpc) is 2.76. The maximum Gasteiger partial charge on any atom is 0.308 e. The van der Waals surface area contributed by atoms with Crippen molar-refractivity contribution in [3.05, 3.63) is 0 Å². The van der Waals surface area contributed by atoms with E-state index < -0.39 is 5.92 Å². The molecule has 0 aromatic heterocycles. The van der Waals surface area contributed by atoms with E-state index in [9.17, 15) is 13.6 Å². The highest BCUT2D eigenvalue weighted by atomic mass is 19.3. The Kier molecular flexibility index (Phi) is 4.76. The number of esters is 1. The molecule has 0 bridgehead atoms. The van der Waals surface area contributed by atoms with Crippen LogP contribution in [-0.2, 0) is 14.3 Å². The Morgan fingerprint density at radius 2 is 1.89 bits per heavy atom. The van der Waals surface area contributed by atoms with Crippen LogP contribution in [-0.4, -0.2) is 31.7 Å². The normalized spacial score (nSPS) is 34.2. The van der Waals surface area contributed by atoms with Crippen LogP contribution < -0.4 is 0 Å². The van der Waals surface area contributed by atoms with Crippen molar-refractivity contribution in [3.8, 4) is 0 Å². The summed E-state index contributed by atoms with van der Waals surface area (Å²) in [4.78, 5) is 11.4. The molecular formula is C14H22F2O3. The molecule has 3 nitrogen and oxygen atoms in total. The molecule has 0 saturated heterocycles. The summed E-state index contributed by atoms with van der Waals surface area (Å²) >= 11 is 0. The summed E-state index contributed by atoms with van der Waals surface area (Å²) in [6.07, 6.45) is 3.84. The Labute approximate surface area is 112 Å². The minimum atomic E-state index is -2.49. The van der Waals surface area contributed by atoms with Gasteiger partial charge >= 0.3 is 5.97 Å². The molecule has 2 saturated carbocycles. The van der Waals surface area contributed by atoms with E-state index in [2.05, 4.69) is 0 Å². The molecule has 1 atom stereocenters. The first-order chi connectivity index (χ1) is 9.00. The molecule has 2 aliphatic carbocycles. The summed E-state index contributed by atoms with van der Waals surface area (Å²) in [7, 11) is 1.41. The van der Waals surface area contributed by atoms with E-state index >= 15 is 0 Å². The van der Waals surface area contributed by atoms with Gasteiger partial charge in [-0.2, -0.15) is 0 Å². The summed E-state index contributed by atoms with van der Waals surface area (Å²) in [6, 6.07) is 0. The van der Waals surface area contributed by atoms with Gasteiger partial charge in [0.15, 0.2) is 0 Å². The molecular weight excluding hydrogens is 254 g/mol. The first kappa shape index (κ1) is 14.7. The van der Waals surface area contributed by atoms with Crippen molar-refractivity contribution in [2.24, 2.45) is 11.8 Å². The zero-order valence-electron chi connectivity index (χ0n) is 11.4. The third-order valence-corrected chi connectivity index (χ3v) is 4.28. The molecule has 19 heavy (non-hydrogen) atoms. The lowest BCUT2D eigenvalue weighted by molar-refractivity contribution is -0.147. The molecule has 2 fully saturated rings. The van der Waals surface area contributed by atoms with E-state index in [0.717, 1.165) is 25.7 Å². The fourth-order valence-corrected chi connectivity index (χ4v) is 3.09. The maximum absolute atomic E-state index is 13.0. The molecule has 0 N–H and O–H groups in total. The van der Waals surface area contributed by atoms with Gasteiger partial charge in [-0.15, -0.1) is 0 Å². The van der Waals surface area contributed by atoms with Gasteiger partial charge in [-0.05, 0) is 38.0 Å². The van der Waals surface area contributed by atoms with Gasteiger partial charge in [0.1, 0.15) is 0 Å². The second kappa shape index (κ2) is 6.16. The molecule has 0 aromatic carbocycles. The van der Waals surface area contributed by atoms with Crippen LogP contribution in [0.25, 0.3) is 0 Å². The van der Waals surface area contributed by atoms with Crippen molar-refractivity contribution in [1.29, 1.82) is 0 Å². The number of rotatable bonds is 4. The second-order valence-electron chi connectivity index (χ2n) is 5.79. The number of carbonyl (C=O) groups is 1. The number of methoxy groups -OCH3 is 1. The Morgan fingerprint density at radius 3 is 2.42 bits per heavy atom. The molecule has 110 valence electrons. The molecule has 2 rings (SSSR count). The smallest absolute Gasteiger partial charge is 0.308 e. The predicted molar refractivity (Wildman–Crippen MR) is 66.0 cm³/mol. The first-order valence-corrected chi connectivity index (χ1v) is 7.07. The molecule has 0 amide bonds. The van der Waals surface area contributed by atoms with Crippen LogP contribution in [0.1, 0.15) is 44.9 Å². The van der Waals surface area contributed by atoms with Crippen molar-refractivity contribution in [3.63, 3.8) is 0 Å². The van der Waals surface area contributed by atoms with Crippen molar-refractivity contribution in [2.45, 2.75) is 57.0 Å². The number of hydrogen-bond donors (Lipinski definition) is 0. The van der Waals surface area contributed by atoms with Gasteiger partial charge < -0.3 is 9.47 Å². The largest absolute Gasteiger partial charge is 0.469 e. The van der Waals surface area contributed by atoms with E-state index in [1.165, 1.54) is 7.11 Å². The summed E-state index contributed by atoms with van der Waals surface area (Å²) in [5, 5.41) is 0. The Bertz CT molecular complexity index is 312. The predicted octanol–water partition coefficient (Wildman–Crippen LogP) is 3.17. The van der Waals surface area contributed by atoms with E-state index in [1.807, 2.05) is 0 Å². The van der Waals surface area contributed by atoms with Gasteiger partial charge in [0, 0.05) is 19.4 Å². The highest BCUT2D eigenvalue weighted by Crippen LogP contribution is 2.39. The Balaban J connectivity index is 1.65. The summed E-state index contributed by atoms with van der Waals surface area (Å²) < 4.78 is 36.5. The first-order valence-electron chi connectivity index (χ1n) is 7.07. The average molecular weight is 276 g/mol. The maximum atomic E-state index is 13.0. The molecule has 0 spiro atoms. The molecule has 0 aliphatic heterocycles. The fourth-order valence-electron chi connectivity index (χ4n) is 3.09. The summed E-state index contributed by atoms with van der Waals surface area (Å²) in [5.41, 5.74) is 0. The lowest BCUT2D eigenvalue weighted by Crippen LogP contribution is -2.28. The number of carbonyl (C=O) groups excluding carboxylic acids is 1. The van der Waals surface area contributed by atoms with Gasteiger partial charge in [0.2, 0.25) is 5.92 Å². The molecule has 1 unspecified atom stereocenters. The van der Waals surface area contributed by atoms with Crippen LogP contribution in [0.5, 0.6) is 0 Å². The molecule has 0 radical (unpaired) electrons. The lowest BCUT2D eigenvalue weighted by atomic mass is 9.87. The van der Waals surface area contributed by atoms with Crippen molar-refractivity contribution in [1.82, 2.24) is 0 Å². The van der Waals surface area contributed by atoms with Gasteiger partial charge in [0.05, 0.1) is 19.1 Å². The summed E-state index contributed by atoms with van der Waals surface area (Å²) in [6.45, 7) is 0.434. The zero-order valence-corrected chi connectivity index (χ0v) is 11.4. The quantitative estimate of drug-likeness (QED) is 0.740. The van der Waals surface area contributed by atoms with E-state index in [0.29, 0.717) is 13.0 Å². The Hall–Kier alpha value is -0.710. The van der Waals surface area contributed by atoms with Gasteiger partial charge in [-0.3, -0.25) is 4.79 Å². The standard InChI is InChI=1S/C14H22F2O3/c1-18-13(17)11-2-4-12(5-3-11)19-9-10-6-7-14(15,16)8-10/h10-12H,2-9H2,1H3. The lowest BCUT2D eigenvalue weighted by Gasteiger charge is -2.27. The van der Waals surface area contributed by atoms with E-state index in [4.69, 9.17) is 9.47 Å². The van der Waals surface area contributed by atoms with E-state index in [1.54, 1.807) is 0 Å². The van der Waals surface area contributed by atoms with Gasteiger partial charge in [0.25, 0.3) is 0 Å². The van der Waals surface area contributed by atoms with Crippen LogP contribution in [0.4, 0.5) is 8.78 Å². The number of halogens is 2. The third-order valence-electron chi connectivity index (χ3n) is 4.28. The van der Waals surface area contributed by atoms with Crippen LogP contribution in [0, 0.1) is 11.8 Å². The topological polar surface area (TPSA) is 35.5 Å². The molecule has 0 heterocycles. The number of ether oxygens (including phenoxy) is 2. The molecule has 2 aliphatic rings. The van der Waals surface area contributed by atoms with Crippen LogP contribution in [0.2, 0.25) is 0 Å². The van der Waals surface area contributed by atoms with Crippen LogP contribution >= 0.6 is 0 Å².